The van der Waals surface area contributed by atoms with Crippen molar-refractivity contribution in [2.24, 2.45) is 0 Å². The summed E-state index contributed by atoms with van der Waals surface area (Å²) in [6.45, 7) is 1.25. The number of benzene rings is 1. The molecule has 4 nitrogen and oxygen atoms in total. The lowest BCUT2D eigenvalue weighted by Crippen LogP contribution is -2.20. The van der Waals surface area contributed by atoms with Gasteiger partial charge in [-0.2, -0.15) is 0 Å². The van der Waals surface area contributed by atoms with E-state index in [-0.39, 0.29) is 0 Å². The number of aryl methyl sites for hydroxylation is 3. The number of ether oxygens (including phenoxy) is 1. The maximum Gasteiger partial charge on any atom is 0.348 e. The third-order valence-electron chi connectivity index (χ3n) is 3.74. The van der Waals surface area contributed by atoms with Crippen LogP contribution in [0.15, 0.2) is 24.3 Å². The molecule has 1 amide bonds. The Morgan fingerprint density at radius 2 is 2.13 bits per heavy atom. The zero-order valence-electron chi connectivity index (χ0n) is 12.6. The normalized spacial score (nSPS) is 12.8. The maximum absolute atomic E-state index is 13.4. The van der Waals surface area contributed by atoms with Crippen LogP contribution in [-0.2, 0) is 22.4 Å². The Bertz CT molecular complexity index is 748. The average Bonchev–Trinajstić information content (AvgIpc) is 3.10. The summed E-state index contributed by atoms with van der Waals surface area (Å²) >= 11 is 1.43. The molecule has 0 fully saturated rings. The molecule has 0 saturated carbocycles. The summed E-state index contributed by atoms with van der Waals surface area (Å²) in [5.41, 5.74) is 2.05. The number of fused-ring (bicyclic) bond motifs is 1. The largest absolute Gasteiger partial charge is 0.451 e. The minimum atomic E-state index is -0.495. The third kappa shape index (κ3) is 3.59. The van der Waals surface area contributed by atoms with E-state index in [2.05, 4.69) is 5.32 Å². The van der Waals surface area contributed by atoms with Gasteiger partial charge in [0.2, 0.25) is 0 Å². The van der Waals surface area contributed by atoms with Crippen LogP contribution in [0.3, 0.4) is 0 Å². The van der Waals surface area contributed by atoms with Crippen LogP contribution in [0.25, 0.3) is 0 Å². The standard InChI is InChI=1S/C17H16FNO3S/c1-10-5-6-12(8-13(10)18)19-16(20)9-22-17(21)15-7-11-3-2-4-14(11)23-15/h5-8H,2-4,9H2,1H3,(H,19,20). The van der Waals surface area contributed by atoms with Gasteiger partial charge in [-0.15, -0.1) is 11.3 Å². The summed E-state index contributed by atoms with van der Waals surface area (Å²) in [4.78, 5) is 25.5. The number of rotatable bonds is 4. The van der Waals surface area contributed by atoms with Crippen molar-refractivity contribution in [3.8, 4) is 0 Å². The van der Waals surface area contributed by atoms with E-state index in [0.29, 0.717) is 16.1 Å². The molecule has 120 valence electrons. The molecule has 3 rings (SSSR count). The molecule has 1 aromatic carbocycles. The first kappa shape index (κ1) is 15.7. The van der Waals surface area contributed by atoms with Crippen molar-refractivity contribution in [2.75, 3.05) is 11.9 Å². The Morgan fingerprint density at radius 1 is 1.30 bits per heavy atom. The minimum Gasteiger partial charge on any atom is -0.451 e. The van der Waals surface area contributed by atoms with Gasteiger partial charge in [0.1, 0.15) is 10.7 Å². The van der Waals surface area contributed by atoms with Crippen molar-refractivity contribution in [2.45, 2.75) is 26.2 Å². The second-order valence-corrected chi connectivity index (χ2v) is 6.64. The van der Waals surface area contributed by atoms with E-state index in [0.717, 1.165) is 19.3 Å². The number of anilines is 1. The first-order chi connectivity index (χ1) is 11.0. The van der Waals surface area contributed by atoms with E-state index in [4.69, 9.17) is 4.74 Å². The van der Waals surface area contributed by atoms with Gasteiger partial charge in [-0.25, -0.2) is 9.18 Å². The van der Waals surface area contributed by atoms with Gasteiger partial charge in [-0.3, -0.25) is 4.79 Å². The topological polar surface area (TPSA) is 55.4 Å². The fraction of sp³-hybridized carbons (Fsp3) is 0.294. The number of hydrogen-bond acceptors (Lipinski definition) is 4. The number of carbonyl (C=O) groups is 2. The summed E-state index contributed by atoms with van der Waals surface area (Å²) in [6, 6.07) is 6.26. The summed E-state index contributed by atoms with van der Waals surface area (Å²) in [5.74, 6) is -1.38. The van der Waals surface area contributed by atoms with E-state index < -0.39 is 24.3 Å². The van der Waals surface area contributed by atoms with Gasteiger partial charge in [0.15, 0.2) is 6.61 Å². The molecule has 23 heavy (non-hydrogen) atoms. The van der Waals surface area contributed by atoms with Gasteiger partial charge in [0, 0.05) is 10.6 Å². The molecule has 1 N–H and O–H groups in total. The van der Waals surface area contributed by atoms with Gasteiger partial charge in [0.05, 0.1) is 0 Å². The fourth-order valence-corrected chi connectivity index (χ4v) is 3.65. The number of halogens is 1. The molecule has 0 aliphatic heterocycles. The molecule has 0 bridgehead atoms. The smallest absolute Gasteiger partial charge is 0.348 e. The lowest BCUT2D eigenvalue weighted by Gasteiger charge is -2.07. The van der Waals surface area contributed by atoms with Crippen molar-refractivity contribution in [3.63, 3.8) is 0 Å². The maximum atomic E-state index is 13.4. The lowest BCUT2D eigenvalue weighted by molar-refractivity contribution is -0.119. The van der Waals surface area contributed by atoms with Crippen molar-refractivity contribution in [1.82, 2.24) is 0 Å². The van der Waals surface area contributed by atoms with Crippen LogP contribution in [0.1, 0.15) is 32.1 Å². The molecular formula is C17H16FNO3S. The number of esters is 1. The third-order valence-corrected chi connectivity index (χ3v) is 4.95. The number of amides is 1. The van der Waals surface area contributed by atoms with Crippen molar-refractivity contribution >= 4 is 28.9 Å². The predicted octanol–water partition coefficient (Wildman–Crippen LogP) is 3.48. The molecule has 2 aromatic rings. The Labute approximate surface area is 137 Å². The van der Waals surface area contributed by atoms with E-state index in [1.54, 1.807) is 19.1 Å². The minimum absolute atomic E-state index is 0.337. The summed E-state index contributed by atoms with van der Waals surface area (Å²) in [5, 5.41) is 2.50. The summed E-state index contributed by atoms with van der Waals surface area (Å²) in [7, 11) is 0. The van der Waals surface area contributed by atoms with Crippen LogP contribution in [0.4, 0.5) is 10.1 Å². The quantitative estimate of drug-likeness (QED) is 0.872. The first-order valence-corrected chi connectivity index (χ1v) is 8.19. The average molecular weight is 333 g/mol. The Balaban J connectivity index is 1.53. The van der Waals surface area contributed by atoms with Crippen LogP contribution in [0.2, 0.25) is 0 Å². The molecule has 1 aromatic heterocycles. The zero-order valence-corrected chi connectivity index (χ0v) is 13.5. The molecule has 0 radical (unpaired) electrons. The summed E-state index contributed by atoms with van der Waals surface area (Å²) in [6.07, 6.45) is 3.14. The molecule has 0 unspecified atom stereocenters. The van der Waals surface area contributed by atoms with Crippen LogP contribution in [0, 0.1) is 12.7 Å². The highest BCUT2D eigenvalue weighted by Crippen LogP contribution is 2.30. The summed E-state index contributed by atoms with van der Waals surface area (Å²) < 4.78 is 18.4. The molecule has 1 aliphatic carbocycles. The van der Waals surface area contributed by atoms with E-state index in [1.165, 1.54) is 27.8 Å². The van der Waals surface area contributed by atoms with E-state index >= 15 is 0 Å². The SMILES string of the molecule is Cc1ccc(NC(=O)COC(=O)c2cc3c(s2)CCC3)cc1F. The highest BCUT2D eigenvalue weighted by Gasteiger charge is 2.20. The first-order valence-electron chi connectivity index (χ1n) is 7.37. The molecule has 0 saturated heterocycles. The van der Waals surface area contributed by atoms with Crippen molar-refractivity contribution in [1.29, 1.82) is 0 Å². The second-order valence-electron chi connectivity index (χ2n) is 5.50. The fourth-order valence-electron chi connectivity index (χ4n) is 2.50. The van der Waals surface area contributed by atoms with Crippen molar-refractivity contribution < 1.29 is 18.7 Å². The molecule has 1 heterocycles. The lowest BCUT2D eigenvalue weighted by atomic mass is 10.2. The van der Waals surface area contributed by atoms with E-state index in [9.17, 15) is 14.0 Å². The van der Waals surface area contributed by atoms with Gasteiger partial charge in [-0.05, 0) is 55.5 Å². The Kier molecular flexibility index (Phi) is 4.43. The number of carbonyl (C=O) groups excluding carboxylic acids is 2. The molecule has 6 heteroatoms. The van der Waals surface area contributed by atoms with Crippen LogP contribution < -0.4 is 5.32 Å². The van der Waals surface area contributed by atoms with Gasteiger partial charge >= 0.3 is 5.97 Å². The van der Waals surface area contributed by atoms with Crippen LogP contribution in [-0.4, -0.2) is 18.5 Å². The molecule has 1 aliphatic rings. The monoisotopic (exact) mass is 333 g/mol. The van der Waals surface area contributed by atoms with Gasteiger partial charge in [0.25, 0.3) is 5.91 Å². The predicted molar refractivity (Wildman–Crippen MR) is 86.4 cm³/mol. The van der Waals surface area contributed by atoms with E-state index in [1.807, 2.05) is 6.07 Å². The highest BCUT2D eigenvalue weighted by atomic mass is 32.1. The molecule has 0 spiro atoms. The van der Waals surface area contributed by atoms with Crippen molar-refractivity contribution in [3.05, 3.63) is 51.0 Å². The number of thiophene rings is 1. The van der Waals surface area contributed by atoms with Crippen LogP contribution in [0.5, 0.6) is 0 Å². The Hall–Kier alpha value is -2.21. The number of hydrogen-bond donors (Lipinski definition) is 1. The zero-order chi connectivity index (χ0) is 16.4. The highest BCUT2D eigenvalue weighted by molar-refractivity contribution is 7.14. The second kappa shape index (κ2) is 6.50. The van der Waals surface area contributed by atoms with Crippen LogP contribution >= 0.6 is 11.3 Å². The van der Waals surface area contributed by atoms with Gasteiger partial charge < -0.3 is 10.1 Å². The Morgan fingerprint density at radius 3 is 2.87 bits per heavy atom. The molecule has 0 atom stereocenters. The number of nitrogens with one attached hydrogen (secondary N) is 1. The van der Waals surface area contributed by atoms with Gasteiger partial charge in [-0.1, -0.05) is 6.07 Å². The molecular weight excluding hydrogens is 317 g/mol.